The van der Waals surface area contributed by atoms with Crippen LogP contribution in [-0.4, -0.2) is 114 Å². The molecule has 4 atom stereocenters. The van der Waals surface area contributed by atoms with Gasteiger partial charge in [-0.25, -0.2) is 24.8 Å². The summed E-state index contributed by atoms with van der Waals surface area (Å²) >= 11 is 0. The Morgan fingerprint density at radius 3 is 2.06 bits per heavy atom. The second kappa shape index (κ2) is 20.0. The number of H-pyrrole nitrogens is 1. The van der Waals surface area contributed by atoms with Gasteiger partial charge in [0.2, 0.25) is 0 Å². The van der Waals surface area contributed by atoms with Crippen LogP contribution in [0.2, 0.25) is 0 Å². The number of hydrazine groups is 1. The molecule has 0 aliphatic carbocycles. The molecule has 0 radical (unpaired) electrons. The lowest BCUT2D eigenvalue weighted by Crippen LogP contribution is -2.42. The van der Waals surface area contributed by atoms with Crippen molar-refractivity contribution in [3.8, 4) is 0 Å². The Kier molecular flexibility index (Phi) is 14.5. The summed E-state index contributed by atoms with van der Waals surface area (Å²) in [6, 6.07) is 17.6. The number of aryl methyl sites for hydroxylation is 1. The predicted molar refractivity (Wildman–Crippen MR) is 227 cm³/mol. The van der Waals surface area contributed by atoms with Crippen LogP contribution in [0, 0.1) is 11.5 Å². The van der Waals surface area contributed by atoms with Crippen LogP contribution >= 0.6 is 0 Å². The number of ether oxygens (including phenoxy) is 2. The number of nitrogens with zero attached hydrogens (tertiary/aromatic N) is 9. The van der Waals surface area contributed by atoms with Crippen molar-refractivity contribution in [1.82, 2.24) is 38.6 Å². The molecule has 7 N–H and O–H groups in total. The van der Waals surface area contributed by atoms with E-state index in [1.54, 1.807) is 55.6 Å². The Morgan fingerprint density at radius 1 is 0.892 bits per heavy atom. The van der Waals surface area contributed by atoms with E-state index in [1.807, 2.05) is 19.1 Å². The maximum atomic E-state index is 13.8. The number of carboxylic acid groups (broad SMARTS) is 1. The normalized spacial score (nSPS) is 18.9. The number of halogens is 1. The van der Waals surface area contributed by atoms with Gasteiger partial charge in [0, 0.05) is 14.1 Å². The van der Waals surface area contributed by atoms with Crippen LogP contribution in [0.1, 0.15) is 45.3 Å². The maximum Gasteiger partial charge on any atom is 0.332 e. The number of hydrogen-bond donors (Lipinski definition) is 6. The predicted octanol–water partition coefficient (Wildman–Crippen LogP) is 0.685. The highest BCUT2D eigenvalue weighted by atomic mass is 19.1. The highest BCUT2D eigenvalue weighted by Crippen LogP contribution is 2.42. The van der Waals surface area contributed by atoms with Crippen LogP contribution in [0.3, 0.4) is 0 Å². The van der Waals surface area contributed by atoms with Gasteiger partial charge in [0.25, 0.3) is 17.4 Å². The van der Waals surface area contributed by atoms with Crippen LogP contribution in [0.15, 0.2) is 82.9 Å². The molecular weight excluding hydrogens is 858 g/mol. The monoisotopic (exact) mass is 903 g/mol. The topological polar surface area (TPSA) is 316 Å². The zero-order valence-electron chi connectivity index (χ0n) is 35.2. The molecule has 2 amide bonds. The molecule has 2 aliphatic rings. The molecule has 6 heterocycles. The van der Waals surface area contributed by atoms with E-state index < -0.39 is 73.0 Å². The summed E-state index contributed by atoms with van der Waals surface area (Å²) in [5.74, 6) is -2.97. The fraction of sp³-hybridized carbons (Fsp3) is 0.366. The maximum absolute atomic E-state index is 13.8. The average molecular weight is 904 g/mol. The SMILES string of the molecule is CCCCC1(COC(=O)CCC(=O)O)C(=O)N(c2ccccc2)N(c2ccccc2)C1=O.Cn1c(=O)c2[nH]cnc2n(C)c1=O.Nc1nc(F)nc2c1ncn2[C@@H]1O[C@H](CO)[C@@H](O)[C@@H]1O. The first-order valence-corrected chi connectivity index (χ1v) is 20.1. The Balaban J connectivity index is 0.000000179. The van der Waals surface area contributed by atoms with E-state index >= 15 is 0 Å². The lowest BCUT2D eigenvalue weighted by Gasteiger charge is -2.27. The number of nitrogens with one attached hydrogen (secondary N) is 1. The number of benzene rings is 2. The van der Waals surface area contributed by atoms with Gasteiger partial charge in [-0.2, -0.15) is 14.4 Å². The first-order valence-electron chi connectivity index (χ1n) is 20.1. The number of unbranched alkanes of at least 4 members (excludes halogenated alkanes) is 1. The summed E-state index contributed by atoms with van der Waals surface area (Å²) in [5.41, 5.74) is 5.18. The van der Waals surface area contributed by atoms with Crippen molar-refractivity contribution in [1.29, 1.82) is 0 Å². The molecule has 0 bridgehead atoms. The summed E-state index contributed by atoms with van der Waals surface area (Å²) in [5, 5.41) is 40.1. The third-order valence-corrected chi connectivity index (χ3v) is 10.6. The van der Waals surface area contributed by atoms with Crippen molar-refractivity contribution in [2.45, 2.75) is 63.6 Å². The van der Waals surface area contributed by atoms with Gasteiger partial charge < -0.3 is 40.6 Å². The number of rotatable bonds is 12. The van der Waals surface area contributed by atoms with Gasteiger partial charge in [0.15, 0.2) is 34.3 Å². The highest BCUT2D eigenvalue weighted by Gasteiger charge is 2.60. The summed E-state index contributed by atoms with van der Waals surface area (Å²) in [6.45, 7) is 1.04. The van der Waals surface area contributed by atoms with Crippen LogP contribution in [0.5, 0.6) is 0 Å². The summed E-state index contributed by atoms with van der Waals surface area (Å²) in [7, 11) is 3.01. The molecule has 0 saturated carbocycles. The second-order valence-electron chi connectivity index (χ2n) is 14.9. The van der Waals surface area contributed by atoms with E-state index in [2.05, 4.69) is 24.9 Å². The molecule has 65 heavy (non-hydrogen) atoms. The molecular formula is C41H46FN11O12. The number of anilines is 3. The number of aliphatic carboxylic acids is 1. The van der Waals surface area contributed by atoms with Gasteiger partial charge in [-0.1, -0.05) is 56.2 Å². The minimum atomic E-state index is -1.58. The first-order chi connectivity index (χ1) is 31.1. The second-order valence-corrected chi connectivity index (χ2v) is 14.9. The number of hydrogen-bond acceptors (Lipinski definition) is 16. The van der Waals surface area contributed by atoms with E-state index in [9.17, 15) is 43.4 Å². The Labute approximate surface area is 367 Å². The van der Waals surface area contributed by atoms with Gasteiger partial charge in [-0.05, 0) is 30.7 Å². The van der Waals surface area contributed by atoms with Gasteiger partial charge >= 0.3 is 23.7 Å². The quantitative estimate of drug-likeness (QED) is 0.0559. The first kappa shape index (κ1) is 47.1. The standard InChI is InChI=1S/C24H26N2O6.C10H12FN5O4.C7H8N4O2/c1-2-3-16-24(17-32-21(29)15-14-20(27)28)22(30)25(18-10-6-4-7-11-18)26(23(24)31)19-12-8-5-9-13-19;11-10-14-7(12)4-8(15-10)16(2-13-4)9-6(19)5(18)3(1-17)20-9;1-10-5-4(8-3-9-5)6(12)11(2)7(10)13/h4-13H,2-3,14-17H2,1H3,(H,27,28);2-3,5-6,9,17-19H,1H2,(H2,12,14,15);3H,1-2H3,(H,8,9)/t;3-,5-,6+,9-;/m.1./s1. The zero-order chi connectivity index (χ0) is 47.2. The average Bonchev–Trinajstić information content (AvgIpc) is 4.08. The van der Waals surface area contributed by atoms with Crippen LogP contribution < -0.4 is 27.0 Å². The lowest BCUT2D eigenvalue weighted by molar-refractivity contribution is -0.154. The number of aliphatic hydroxyl groups excluding tert-OH is 3. The highest BCUT2D eigenvalue weighted by molar-refractivity contribution is 6.26. The summed E-state index contributed by atoms with van der Waals surface area (Å²) in [6.07, 6.45) is -2.17. The number of para-hydroxylation sites is 2. The molecule has 2 aromatic carbocycles. The van der Waals surface area contributed by atoms with Gasteiger partial charge in [0.1, 0.15) is 30.4 Å². The number of esters is 1. The van der Waals surface area contributed by atoms with E-state index in [1.165, 1.54) is 38.9 Å². The molecule has 6 aromatic rings. The number of aromatic amines is 1. The third kappa shape index (κ3) is 9.45. The smallest absolute Gasteiger partial charge is 0.332 e. The van der Waals surface area contributed by atoms with Crippen molar-refractivity contribution in [3.05, 3.63) is 100 Å². The molecule has 0 spiro atoms. The third-order valence-electron chi connectivity index (χ3n) is 10.6. The van der Waals surface area contributed by atoms with Crippen LogP contribution in [-0.2, 0) is 42.7 Å². The Bertz CT molecular complexity index is 2740. The van der Waals surface area contributed by atoms with E-state index in [0.717, 1.165) is 11.0 Å². The summed E-state index contributed by atoms with van der Waals surface area (Å²) < 4.78 is 27.4. The molecule has 344 valence electrons. The number of aromatic nitrogens is 8. The molecule has 23 nitrogen and oxygen atoms in total. The number of carboxylic acids is 1. The van der Waals surface area contributed by atoms with Gasteiger partial charge in [-0.15, -0.1) is 0 Å². The van der Waals surface area contributed by atoms with E-state index in [0.29, 0.717) is 29.0 Å². The lowest BCUT2D eigenvalue weighted by atomic mass is 9.82. The molecule has 2 fully saturated rings. The van der Waals surface area contributed by atoms with E-state index in [-0.39, 0.29) is 47.5 Å². The molecule has 2 saturated heterocycles. The molecule has 8 rings (SSSR count). The summed E-state index contributed by atoms with van der Waals surface area (Å²) in [4.78, 5) is 90.6. The Morgan fingerprint density at radius 2 is 1.51 bits per heavy atom. The minimum absolute atomic E-state index is 0.0323. The largest absolute Gasteiger partial charge is 0.481 e. The number of imidazole rings is 2. The van der Waals surface area contributed by atoms with Crippen molar-refractivity contribution < 1.29 is 53.5 Å². The Hall–Kier alpha value is -7.41. The zero-order valence-corrected chi connectivity index (χ0v) is 35.2. The van der Waals surface area contributed by atoms with Gasteiger partial charge in [0.05, 0.1) is 43.5 Å². The van der Waals surface area contributed by atoms with Crippen molar-refractivity contribution in [3.63, 3.8) is 0 Å². The number of fused-ring (bicyclic) bond motifs is 2. The van der Waals surface area contributed by atoms with Gasteiger partial charge in [-0.3, -0.25) is 37.7 Å². The van der Waals surface area contributed by atoms with Crippen molar-refractivity contribution in [2.75, 3.05) is 29.0 Å². The fourth-order valence-corrected chi connectivity index (χ4v) is 7.13. The number of nitrogens with two attached hydrogens (primary N) is 1. The molecule has 24 heteroatoms. The minimum Gasteiger partial charge on any atom is -0.481 e. The fourth-order valence-electron chi connectivity index (χ4n) is 7.13. The number of carbonyl (C=O) groups is 4. The molecule has 4 aromatic heterocycles. The number of aliphatic hydroxyl groups is 3. The molecule has 0 unspecified atom stereocenters. The molecule has 2 aliphatic heterocycles. The van der Waals surface area contributed by atoms with Crippen molar-refractivity contribution >= 4 is 63.3 Å². The van der Waals surface area contributed by atoms with Crippen LogP contribution in [0.25, 0.3) is 22.3 Å². The van der Waals surface area contributed by atoms with Crippen molar-refractivity contribution in [2.24, 2.45) is 19.5 Å². The van der Waals surface area contributed by atoms with E-state index in [4.69, 9.17) is 25.4 Å². The number of carbonyl (C=O) groups excluding carboxylic acids is 3. The number of nitrogen functional groups attached to an aromatic ring is 1. The number of amides is 2. The van der Waals surface area contributed by atoms with Crippen LogP contribution in [0.4, 0.5) is 21.6 Å².